The molecule has 2 aromatic carbocycles. The van der Waals surface area contributed by atoms with E-state index in [-0.39, 0.29) is 5.92 Å². The Kier molecular flexibility index (Phi) is 3.55. The average Bonchev–Trinajstić information content (AvgIpc) is 3.30. The molecule has 0 amide bonds. The van der Waals surface area contributed by atoms with Gasteiger partial charge in [-0.05, 0) is 29.0 Å². The van der Waals surface area contributed by atoms with E-state index in [2.05, 4.69) is 12.1 Å². The number of hydrogen-bond donors (Lipinski definition) is 1. The van der Waals surface area contributed by atoms with Crippen LogP contribution in [0.15, 0.2) is 54.6 Å². The van der Waals surface area contributed by atoms with Crippen LogP contribution in [0.2, 0.25) is 0 Å². The summed E-state index contributed by atoms with van der Waals surface area (Å²) in [7, 11) is 0. The highest BCUT2D eigenvalue weighted by molar-refractivity contribution is 5.77. The summed E-state index contributed by atoms with van der Waals surface area (Å²) in [6, 6.07) is 18.0. The van der Waals surface area contributed by atoms with Crippen molar-refractivity contribution in [3.8, 4) is 11.1 Å². The second kappa shape index (κ2) is 5.49. The Labute approximate surface area is 119 Å². The largest absolute Gasteiger partial charge is 0.481 e. The molecule has 0 spiro atoms. The van der Waals surface area contributed by atoms with Crippen LogP contribution < -0.4 is 0 Å². The van der Waals surface area contributed by atoms with Crippen molar-refractivity contribution < 1.29 is 9.90 Å². The topological polar surface area (TPSA) is 37.3 Å². The van der Waals surface area contributed by atoms with Crippen LogP contribution in [0.25, 0.3) is 11.1 Å². The van der Waals surface area contributed by atoms with Crippen molar-refractivity contribution >= 4 is 5.97 Å². The first-order valence-corrected chi connectivity index (χ1v) is 7.12. The first-order chi connectivity index (χ1) is 9.74. The van der Waals surface area contributed by atoms with E-state index < -0.39 is 5.97 Å². The highest BCUT2D eigenvalue weighted by Crippen LogP contribution is 2.39. The summed E-state index contributed by atoms with van der Waals surface area (Å²) in [5.74, 6) is -0.468. The van der Waals surface area contributed by atoms with Crippen molar-refractivity contribution in [3.63, 3.8) is 0 Å². The third-order valence-electron chi connectivity index (χ3n) is 3.96. The molecule has 0 aliphatic heterocycles. The Morgan fingerprint density at radius 3 is 2.40 bits per heavy atom. The van der Waals surface area contributed by atoms with Gasteiger partial charge in [0.15, 0.2) is 0 Å². The number of benzene rings is 2. The summed E-state index contributed by atoms with van der Waals surface area (Å²) in [6.45, 7) is 0. The monoisotopic (exact) mass is 266 g/mol. The molecule has 1 unspecified atom stereocenters. The number of aliphatic carboxylic acids is 1. The van der Waals surface area contributed by atoms with Gasteiger partial charge in [-0.15, -0.1) is 0 Å². The molecule has 1 N–H and O–H groups in total. The molecule has 0 radical (unpaired) electrons. The molecular weight excluding hydrogens is 248 g/mol. The molecule has 2 aromatic rings. The number of rotatable bonds is 5. The normalized spacial score (nSPS) is 15.8. The lowest BCUT2D eigenvalue weighted by Crippen LogP contribution is -2.12. The molecule has 1 fully saturated rings. The SMILES string of the molecule is O=C(O)C(CC1CC1)c1cccc(-c2ccccc2)c1. The minimum absolute atomic E-state index is 0.369. The zero-order chi connectivity index (χ0) is 13.9. The van der Waals surface area contributed by atoms with Crippen LogP contribution in [0.5, 0.6) is 0 Å². The van der Waals surface area contributed by atoms with Gasteiger partial charge in [-0.2, -0.15) is 0 Å². The molecule has 0 bridgehead atoms. The molecule has 1 aliphatic carbocycles. The molecule has 0 heterocycles. The molecule has 1 atom stereocenters. The van der Waals surface area contributed by atoms with Gasteiger partial charge >= 0.3 is 5.97 Å². The van der Waals surface area contributed by atoms with Crippen molar-refractivity contribution in [1.82, 2.24) is 0 Å². The van der Waals surface area contributed by atoms with Gasteiger partial charge in [0, 0.05) is 0 Å². The van der Waals surface area contributed by atoms with Crippen LogP contribution in [-0.4, -0.2) is 11.1 Å². The van der Waals surface area contributed by atoms with Gasteiger partial charge in [-0.3, -0.25) is 4.79 Å². The van der Waals surface area contributed by atoms with Crippen molar-refractivity contribution in [3.05, 3.63) is 60.2 Å². The van der Waals surface area contributed by atoms with E-state index in [9.17, 15) is 9.90 Å². The van der Waals surface area contributed by atoms with Gasteiger partial charge in [0.1, 0.15) is 0 Å². The maximum Gasteiger partial charge on any atom is 0.310 e. The molecule has 1 aliphatic rings. The van der Waals surface area contributed by atoms with E-state index in [4.69, 9.17) is 0 Å². The van der Waals surface area contributed by atoms with E-state index in [1.165, 1.54) is 12.8 Å². The number of carboxylic acid groups (broad SMARTS) is 1. The van der Waals surface area contributed by atoms with Gasteiger partial charge in [-0.1, -0.05) is 67.4 Å². The van der Waals surface area contributed by atoms with E-state index >= 15 is 0 Å². The van der Waals surface area contributed by atoms with Crippen LogP contribution >= 0.6 is 0 Å². The molecule has 102 valence electrons. The second-order valence-electron chi connectivity index (χ2n) is 5.56. The lowest BCUT2D eigenvalue weighted by Gasteiger charge is -2.13. The fourth-order valence-electron chi connectivity index (χ4n) is 2.63. The molecule has 3 rings (SSSR count). The highest BCUT2D eigenvalue weighted by atomic mass is 16.4. The summed E-state index contributed by atoms with van der Waals surface area (Å²) >= 11 is 0. The summed E-state index contributed by atoms with van der Waals surface area (Å²) in [5, 5.41) is 9.46. The Hall–Kier alpha value is -2.09. The van der Waals surface area contributed by atoms with Crippen molar-refractivity contribution in [1.29, 1.82) is 0 Å². The second-order valence-corrected chi connectivity index (χ2v) is 5.56. The molecule has 2 heteroatoms. The number of carbonyl (C=O) groups is 1. The molecule has 20 heavy (non-hydrogen) atoms. The lowest BCUT2D eigenvalue weighted by atomic mass is 9.91. The maximum absolute atomic E-state index is 11.5. The van der Waals surface area contributed by atoms with Crippen LogP contribution in [0, 0.1) is 5.92 Å². The maximum atomic E-state index is 11.5. The Morgan fingerprint density at radius 2 is 1.75 bits per heavy atom. The fourth-order valence-corrected chi connectivity index (χ4v) is 2.63. The fraction of sp³-hybridized carbons (Fsp3) is 0.278. The molecular formula is C18H18O2. The summed E-state index contributed by atoms with van der Waals surface area (Å²) in [5.41, 5.74) is 3.14. The zero-order valence-corrected chi connectivity index (χ0v) is 11.3. The van der Waals surface area contributed by atoms with E-state index in [0.717, 1.165) is 23.1 Å². The van der Waals surface area contributed by atoms with Crippen LogP contribution in [0.3, 0.4) is 0 Å². The van der Waals surface area contributed by atoms with Gasteiger partial charge in [0.05, 0.1) is 5.92 Å². The zero-order valence-electron chi connectivity index (χ0n) is 11.3. The minimum atomic E-state index is -0.706. The summed E-state index contributed by atoms with van der Waals surface area (Å²) < 4.78 is 0. The molecule has 0 aromatic heterocycles. The molecule has 1 saturated carbocycles. The van der Waals surface area contributed by atoms with E-state index in [1.807, 2.05) is 42.5 Å². The predicted octanol–water partition coefficient (Wildman–Crippen LogP) is 4.32. The first-order valence-electron chi connectivity index (χ1n) is 7.12. The van der Waals surface area contributed by atoms with Crippen LogP contribution in [0.4, 0.5) is 0 Å². The predicted molar refractivity (Wildman–Crippen MR) is 79.6 cm³/mol. The third kappa shape index (κ3) is 2.90. The number of hydrogen-bond acceptors (Lipinski definition) is 1. The van der Waals surface area contributed by atoms with Crippen molar-refractivity contribution in [2.24, 2.45) is 5.92 Å². The van der Waals surface area contributed by atoms with Crippen molar-refractivity contribution in [2.45, 2.75) is 25.2 Å². The van der Waals surface area contributed by atoms with E-state index in [1.54, 1.807) is 0 Å². The quantitative estimate of drug-likeness (QED) is 0.875. The smallest absolute Gasteiger partial charge is 0.310 e. The highest BCUT2D eigenvalue weighted by Gasteiger charge is 2.30. The van der Waals surface area contributed by atoms with E-state index in [0.29, 0.717) is 5.92 Å². The van der Waals surface area contributed by atoms with Gasteiger partial charge in [0.2, 0.25) is 0 Å². The minimum Gasteiger partial charge on any atom is -0.481 e. The van der Waals surface area contributed by atoms with Gasteiger partial charge in [-0.25, -0.2) is 0 Å². The van der Waals surface area contributed by atoms with Crippen LogP contribution in [-0.2, 0) is 4.79 Å². The molecule has 2 nitrogen and oxygen atoms in total. The summed E-state index contributed by atoms with van der Waals surface area (Å²) in [4.78, 5) is 11.5. The Bertz CT molecular complexity index is 600. The number of carboxylic acids is 1. The standard InChI is InChI=1S/C18H18O2/c19-18(20)17(11-13-9-10-13)16-8-4-7-15(12-16)14-5-2-1-3-6-14/h1-8,12-13,17H,9-11H2,(H,19,20). The van der Waals surface area contributed by atoms with Crippen molar-refractivity contribution in [2.75, 3.05) is 0 Å². The van der Waals surface area contributed by atoms with Gasteiger partial charge < -0.3 is 5.11 Å². The Balaban J connectivity index is 1.91. The lowest BCUT2D eigenvalue weighted by molar-refractivity contribution is -0.139. The molecule has 0 saturated heterocycles. The third-order valence-corrected chi connectivity index (χ3v) is 3.96. The van der Waals surface area contributed by atoms with Gasteiger partial charge in [0.25, 0.3) is 0 Å². The van der Waals surface area contributed by atoms with Crippen LogP contribution in [0.1, 0.15) is 30.7 Å². The summed E-state index contributed by atoms with van der Waals surface area (Å²) in [6.07, 6.45) is 3.14. The average molecular weight is 266 g/mol. The Morgan fingerprint density at radius 1 is 1.05 bits per heavy atom. The first kappa shape index (κ1) is 12.9.